The van der Waals surface area contributed by atoms with Gasteiger partial charge in [0, 0.05) is 30.2 Å². The van der Waals surface area contributed by atoms with E-state index in [1.807, 2.05) is 11.8 Å². The summed E-state index contributed by atoms with van der Waals surface area (Å²) in [6, 6.07) is 5.05. The first kappa shape index (κ1) is 14.5. The molecule has 3 heterocycles. The maximum absolute atomic E-state index is 13.6. The Hall–Kier alpha value is -1.14. The highest BCUT2D eigenvalue weighted by Gasteiger charge is 2.42. The molecule has 3 aliphatic rings. The highest BCUT2D eigenvalue weighted by atomic mass is 79.9. The summed E-state index contributed by atoms with van der Waals surface area (Å²) in [6.45, 7) is 0.645. The van der Waals surface area contributed by atoms with Gasteiger partial charge in [-0.2, -0.15) is 11.8 Å². The second-order valence-electron chi connectivity index (χ2n) is 5.66. The number of amides is 1. The van der Waals surface area contributed by atoms with Gasteiger partial charge in [0.1, 0.15) is 5.82 Å². The van der Waals surface area contributed by atoms with Crippen molar-refractivity contribution in [2.45, 2.75) is 24.0 Å². The van der Waals surface area contributed by atoms with E-state index >= 15 is 0 Å². The van der Waals surface area contributed by atoms with E-state index in [1.165, 1.54) is 11.8 Å². The first-order chi connectivity index (χ1) is 10.6. The van der Waals surface area contributed by atoms with Crippen LogP contribution in [0.1, 0.15) is 24.3 Å². The summed E-state index contributed by atoms with van der Waals surface area (Å²) >= 11 is 5.10. The third kappa shape index (κ3) is 2.24. The highest BCUT2D eigenvalue weighted by molar-refractivity contribution is 9.10. The zero-order chi connectivity index (χ0) is 15.3. The Balaban J connectivity index is 1.87. The van der Waals surface area contributed by atoms with Gasteiger partial charge in [-0.05, 0) is 45.8 Å². The van der Waals surface area contributed by atoms with E-state index in [2.05, 4.69) is 21.2 Å². The fraction of sp³-hybridized carbons (Fsp3) is 0.375. The van der Waals surface area contributed by atoms with Gasteiger partial charge in [-0.25, -0.2) is 4.39 Å². The Morgan fingerprint density at radius 3 is 3.05 bits per heavy atom. The standard InChI is InChI=1S/C16H14BrFN2OS/c17-9-7-8(1-2-10(9)18)13-14-11(3-5-19-16(14)21)20-12-4-6-22-15(12)13/h1-2,7,13,15H,3-6H2,(H,19,21). The van der Waals surface area contributed by atoms with Gasteiger partial charge in [-0.1, -0.05) is 6.07 Å². The zero-order valence-electron chi connectivity index (χ0n) is 11.7. The van der Waals surface area contributed by atoms with E-state index in [0.29, 0.717) is 11.0 Å². The summed E-state index contributed by atoms with van der Waals surface area (Å²) < 4.78 is 14.0. The molecule has 0 radical (unpaired) electrons. The number of aliphatic imine (C=N–C) groups is 1. The number of rotatable bonds is 1. The average Bonchev–Trinajstić information content (AvgIpc) is 2.96. The lowest BCUT2D eigenvalue weighted by Crippen LogP contribution is -2.39. The van der Waals surface area contributed by atoms with Gasteiger partial charge < -0.3 is 5.32 Å². The van der Waals surface area contributed by atoms with E-state index in [9.17, 15) is 9.18 Å². The SMILES string of the molecule is O=C1NCCC2=C1C(c1ccc(F)c(Br)c1)C1SCCC1=N2. The summed E-state index contributed by atoms with van der Waals surface area (Å²) in [5, 5.41) is 3.12. The minimum absolute atomic E-state index is 0.0259. The number of hydrogen-bond acceptors (Lipinski definition) is 3. The van der Waals surface area contributed by atoms with Crippen molar-refractivity contribution in [1.29, 1.82) is 0 Å². The minimum Gasteiger partial charge on any atom is -0.352 e. The van der Waals surface area contributed by atoms with Crippen LogP contribution in [0.4, 0.5) is 4.39 Å². The Morgan fingerprint density at radius 1 is 1.36 bits per heavy atom. The van der Waals surface area contributed by atoms with Gasteiger partial charge in [-0.15, -0.1) is 0 Å². The molecule has 0 saturated carbocycles. The predicted molar refractivity (Wildman–Crippen MR) is 89.8 cm³/mol. The molecule has 114 valence electrons. The monoisotopic (exact) mass is 380 g/mol. The average molecular weight is 381 g/mol. The molecule has 3 nitrogen and oxygen atoms in total. The van der Waals surface area contributed by atoms with Crippen LogP contribution in [-0.4, -0.2) is 29.2 Å². The smallest absolute Gasteiger partial charge is 0.249 e. The van der Waals surface area contributed by atoms with Gasteiger partial charge in [-0.3, -0.25) is 9.79 Å². The number of carbonyl (C=O) groups excluding carboxylic acids is 1. The number of nitrogens with one attached hydrogen (secondary N) is 1. The van der Waals surface area contributed by atoms with Crippen LogP contribution in [0, 0.1) is 5.82 Å². The molecule has 0 aliphatic carbocycles. The molecule has 0 spiro atoms. The number of halogens is 2. The normalized spacial score (nSPS) is 27.2. The van der Waals surface area contributed by atoms with Crippen LogP contribution in [-0.2, 0) is 4.79 Å². The minimum atomic E-state index is -0.283. The molecule has 4 rings (SSSR count). The van der Waals surface area contributed by atoms with Crippen LogP contribution in [0.15, 0.2) is 38.9 Å². The fourth-order valence-electron chi connectivity index (χ4n) is 3.40. The van der Waals surface area contributed by atoms with Gasteiger partial charge >= 0.3 is 0 Å². The molecule has 2 atom stereocenters. The Labute approximate surface area is 140 Å². The second-order valence-corrected chi connectivity index (χ2v) is 7.77. The largest absolute Gasteiger partial charge is 0.352 e. The topological polar surface area (TPSA) is 41.5 Å². The lowest BCUT2D eigenvalue weighted by Gasteiger charge is -2.33. The van der Waals surface area contributed by atoms with E-state index in [-0.39, 0.29) is 22.9 Å². The van der Waals surface area contributed by atoms with Crippen molar-refractivity contribution < 1.29 is 9.18 Å². The van der Waals surface area contributed by atoms with Crippen LogP contribution in [0.5, 0.6) is 0 Å². The maximum atomic E-state index is 13.6. The Bertz CT molecular complexity index is 731. The molecular weight excluding hydrogens is 367 g/mol. The zero-order valence-corrected chi connectivity index (χ0v) is 14.1. The first-order valence-corrected chi connectivity index (χ1v) is 9.14. The lowest BCUT2D eigenvalue weighted by atomic mass is 9.80. The highest BCUT2D eigenvalue weighted by Crippen LogP contribution is 2.46. The van der Waals surface area contributed by atoms with E-state index in [0.717, 1.165) is 35.4 Å². The van der Waals surface area contributed by atoms with Crippen molar-refractivity contribution in [1.82, 2.24) is 5.32 Å². The lowest BCUT2D eigenvalue weighted by molar-refractivity contribution is -0.118. The third-order valence-corrected chi connectivity index (χ3v) is 6.33. The number of fused-ring (bicyclic) bond motifs is 1. The quantitative estimate of drug-likeness (QED) is 0.810. The molecule has 0 aromatic heterocycles. The van der Waals surface area contributed by atoms with Crippen molar-refractivity contribution in [2.75, 3.05) is 12.3 Å². The molecule has 1 saturated heterocycles. The van der Waals surface area contributed by atoms with E-state index in [4.69, 9.17) is 4.99 Å². The number of thioether (sulfide) groups is 1. The van der Waals surface area contributed by atoms with Gasteiger partial charge in [0.15, 0.2) is 0 Å². The Kier molecular flexibility index (Phi) is 3.61. The molecule has 2 unspecified atom stereocenters. The Morgan fingerprint density at radius 2 is 2.23 bits per heavy atom. The molecule has 0 bridgehead atoms. The summed E-state index contributed by atoms with van der Waals surface area (Å²) in [4.78, 5) is 17.2. The van der Waals surface area contributed by atoms with Crippen molar-refractivity contribution in [3.63, 3.8) is 0 Å². The molecule has 1 N–H and O–H groups in total. The van der Waals surface area contributed by atoms with Crippen LogP contribution in [0.2, 0.25) is 0 Å². The molecule has 3 aliphatic heterocycles. The van der Waals surface area contributed by atoms with Crippen molar-refractivity contribution >= 4 is 39.3 Å². The van der Waals surface area contributed by atoms with Crippen LogP contribution in [0.3, 0.4) is 0 Å². The summed E-state index contributed by atoms with van der Waals surface area (Å²) in [6.07, 6.45) is 1.76. The number of nitrogens with zero attached hydrogens (tertiary/aromatic N) is 1. The van der Waals surface area contributed by atoms with E-state index in [1.54, 1.807) is 12.1 Å². The molecule has 1 aromatic rings. The third-order valence-electron chi connectivity index (χ3n) is 4.38. The summed E-state index contributed by atoms with van der Waals surface area (Å²) in [5.74, 6) is 0.689. The molecule has 6 heteroatoms. The molecule has 22 heavy (non-hydrogen) atoms. The van der Waals surface area contributed by atoms with Crippen molar-refractivity contribution in [3.05, 3.63) is 45.3 Å². The van der Waals surface area contributed by atoms with E-state index < -0.39 is 0 Å². The number of carbonyl (C=O) groups is 1. The van der Waals surface area contributed by atoms with Gasteiger partial charge in [0.05, 0.1) is 15.4 Å². The molecule has 1 amide bonds. The van der Waals surface area contributed by atoms with Gasteiger partial charge in [0.25, 0.3) is 0 Å². The molecule has 1 fully saturated rings. The second kappa shape index (κ2) is 5.49. The van der Waals surface area contributed by atoms with Crippen molar-refractivity contribution in [3.8, 4) is 0 Å². The maximum Gasteiger partial charge on any atom is 0.249 e. The number of hydrogen-bond donors (Lipinski definition) is 1. The van der Waals surface area contributed by atoms with Crippen LogP contribution >= 0.6 is 27.7 Å². The fourth-order valence-corrected chi connectivity index (χ4v) is 5.23. The predicted octanol–water partition coefficient (Wildman–Crippen LogP) is 3.41. The van der Waals surface area contributed by atoms with Crippen LogP contribution < -0.4 is 5.32 Å². The molecule has 1 aromatic carbocycles. The van der Waals surface area contributed by atoms with Crippen LogP contribution in [0.25, 0.3) is 0 Å². The summed E-state index contributed by atoms with van der Waals surface area (Å²) in [7, 11) is 0. The number of benzene rings is 1. The van der Waals surface area contributed by atoms with Gasteiger partial charge in [0.2, 0.25) is 5.91 Å². The summed E-state index contributed by atoms with van der Waals surface area (Å²) in [5.41, 5.74) is 3.85. The first-order valence-electron chi connectivity index (χ1n) is 7.30. The van der Waals surface area contributed by atoms with Crippen molar-refractivity contribution in [2.24, 2.45) is 4.99 Å². The molecular formula is C16H14BrFN2OS.